The smallest absolute Gasteiger partial charge is 0.484 e. The van der Waals surface area contributed by atoms with Crippen LogP contribution in [-0.4, -0.2) is 60.2 Å². The molecule has 0 radical (unpaired) electrons. The van der Waals surface area contributed by atoms with Crippen LogP contribution in [0.4, 0.5) is 13.2 Å². The summed E-state index contributed by atoms with van der Waals surface area (Å²) in [5.74, 6) is -1.69. The SMILES string of the molecule is N=C/C=C(/OC(F)(F)F)C(=N)OC1CCN(C(=O)COc2ccc(CO)cc2)C1. The minimum atomic E-state index is -5.02. The van der Waals surface area contributed by atoms with E-state index in [2.05, 4.69) is 4.74 Å². The summed E-state index contributed by atoms with van der Waals surface area (Å²) in [5.41, 5.74) is 0.705. The molecule has 0 bridgehead atoms. The van der Waals surface area contributed by atoms with Crippen LogP contribution in [0.25, 0.3) is 0 Å². The number of aliphatic hydroxyl groups is 1. The molecule has 1 saturated heterocycles. The maximum absolute atomic E-state index is 12.4. The number of halogens is 3. The highest BCUT2D eigenvalue weighted by atomic mass is 19.4. The molecule has 0 spiro atoms. The third-order valence-electron chi connectivity index (χ3n) is 3.93. The fourth-order valence-corrected chi connectivity index (χ4v) is 2.56. The molecule has 1 heterocycles. The fourth-order valence-electron chi connectivity index (χ4n) is 2.56. The van der Waals surface area contributed by atoms with Gasteiger partial charge in [-0.15, -0.1) is 13.2 Å². The number of benzene rings is 1. The van der Waals surface area contributed by atoms with Gasteiger partial charge in [-0.1, -0.05) is 12.1 Å². The number of alkyl halides is 3. The Morgan fingerprint density at radius 2 is 2.00 bits per heavy atom. The summed E-state index contributed by atoms with van der Waals surface area (Å²) in [6.07, 6.45) is -4.17. The normalized spacial score (nSPS) is 17.0. The third-order valence-corrected chi connectivity index (χ3v) is 3.93. The van der Waals surface area contributed by atoms with Gasteiger partial charge in [0.2, 0.25) is 5.90 Å². The van der Waals surface area contributed by atoms with Crippen LogP contribution in [-0.2, 0) is 20.9 Å². The molecule has 8 nitrogen and oxygen atoms in total. The molecule has 1 aromatic carbocycles. The Balaban J connectivity index is 1.83. The van der Waals surface area contributed by atoms with Gasteiger partial charge in [0.1, 0.15) is 11.9 Å². The Morgan fingerprint density at radius 1 is 1.31 bits per heavy atom. The Bertz CT molecular complexity index is 765. The molecule has 1 aliphatic rings. The molecular weight excluding hydrogens is 395 g/mol. The van der Waals surface area contributed by atoms with Crippen LogP contribution in [0.1, 0.15) is 12.0 Å². The Morgan fingerprint density at radius 3 is 2.59 bits per heavy atom. The number of nitrogens with one attached hydrogen (secondary N) is 2. The van der Waals surface area contributed by atoms with E-state index >= 15 is 0 Å². The second-order valence-corrected chi connectivity index (χ2v) is 6.03. The average molecular weight is 415 g/mol. The number of rotatable bonds is 8. The summed E-state index contributed by atoms with van der Waals surface area (Å²) in [7, 11) is 0. The van der Waals surface area contributed by atoms with Gasteiger partial charge < -0.3 is 29.6 Å². The van der Waals surface area contributed by atoms with E-state index in [9.17, 15) is 18.0 Å². The second kappa shape index (κ2) is 9.92. The van der Waals surface area contributed by atoms with E-state index in [0.717, 1.165) is 0 Å². The van der Waals surface area contributed by atoms with Crippen LogP contribution >= 0.6 is 0 Å². The van der Waals surface area contributed by atoms with Crippen molar-refractivity contribution in [1.29, 1.82) is 10.8 Å². The van der Waals surface area contributed by atoms with Crippen molar-refractivity contribution in [2.75, 3.05) is 19.7 Å². The molecule has 11 heteroatoms. The number of likely N-dealkylation sites (tertiary alicyclic amines) is 1. The van der Waals surface area contributed by atoms with E-state index in [1.54, 1.807) is 24.3 Å². The van der Waals surface area contributed by atoms with Crippen LogP contribution in [0, 0.1) is 10.8 Å². The quantitative estimate of drug-likeness (QED) is 0.342. The van der Waals surface area contributed by atoms with E-state index in [1.165, 1.54) is 4.90 Å². The number of ether oxygens (including phenoxy) is 3. The van der Waals surface area contributed by atoms with Crippen molar-refractivity contribution in [1.82, 2.24) is 4.90 Å². The number of hydrogen-bond donors (Lipinski definition) is 3. The highest BCUT2D eigenvalue weighted by molar-refractivity contribution is 5.93. The molecule has 2 rings (SSSR count). The van der Waals surface area contributed by atoms with Gasteiger partial charge in [-0.05, 0) is 17.7 Å². The summed E-state index contributed by atoms with van der Waals surface area (Å²) >= 11 is 0. The summed E-state index contributed by atoms with van der Waals surface area (Å²) in [5, 5.41) is 23.5. The minimum absolute atomic E-state index is 0.0813. The molecule has 1 unspecified atom stereocenters. The van der Waals surface area contributed by atoms with E-state index in [0.29, 0.717) is 36.6 Å². The number of amides is 1. The molecule has 1 amide bonds. The lowest BCUT2D eigenvalue weighted by molar-refractivity contribution is -0.302. The molecule has 1 atom stereocenters. The monoisotopic (exact) mass is 415 g/mol. The topological polar surface area (TPSA) is 116 Å². The van der Waals surface area contributed by atoms with Gasteiger partial charge in [0, 0.05) is 25.3 Å². The molecule has 1 aromatic rings. The fraction of sp³-hybridized carbons (Fsp3) is 0.389. The highest BCUT2D eigenvalue weighted by Crippen LogP contribution is 2.23. The molecule has 0 saturated carbocycles. The van der Waals surface area contributed by atoms with Gasteiger partial charge in [-0.3, -0.25) is 10.2 Å². The van der Waals surface area contributed by atoms with E-state index in [4.69, 9.17) is 25.4 Å². The Kier molecular flexibility index (Phi) is 7.59. The zero-order valence-electron chi connectivity index (χ0n) is 15.2. The minimum Gasteiger partial charge on any atom is -0.484 e. The number of aliphatic hydroxyl groups excluding tert-OH is 1. The molecule has 158 valence electrons. The first-order valence-electron chi connectivity index (χ1n) is 8.54. The van der Waals surface area contributed by atoms with Crippen molar-refractivity contribution >= 4 is 18.0 Å². The van der Waals surface area contributed by atoms with Crippen molar-refractivity contribution in [3.8, 4) is 5.75 Å². The van der Waals surface area contributed by atoms with Crippen molar-refractivity contribution in [2.24, 2.45) is 0 Å². The first-order chi connectivity index (χ1) is 13.7. The first kappa shape index (κ1) is 22.2. The molecule has 1 fully saturated rings. The van der Waals surface area contributed by atoms with Gasteiger partial charge in [0.05, 0.1) is 13.2 Å². The average Bonchev–Trinajstić information content (AvgIpc) is 3.13. The van der Waals surface area contributed by atoms with Crippen molar-refractivity contribution in [3.63, 3.8) is 0 Å². The summed E-state index contributed by atoms with van der Waals surface area (Å²) in [6.45, 7) is 0.0398. The number of carbonyl (C=O) groups excluding carboxylic acids is 1. The van der Waals surface area contributed by atoms with Crippen LogP contribution < -0.4 is 4.74 Å². The lowest BCUT2D eigenvalue weighted by atomic mass is 10.2. The van der Waals surface area contributed by atoms with Gasteiger partial charge >= 0.3 is 6.36 Å². The summed E-state index contributed by atoms with van der Waals surface area (Å²) in [6, 6.07) is 6.56. The lowest BCUT2D eigenvalue weighted by Gasteiger charge is -2.19. The summed E-state index contributed by atoms with van der Waals surface area (Å²) in [4.78, 5) is 13.7. The number of nitrogens with zero attached hydrogens (tertiary/aromatic N) is 1. The van der Waals surface area contributed by atoms with Gasteiger partial charge in [0.25, 0.3) is 5.91 Å². The Labute approximate surface area is 164 Å². The first-order valence-corrected chi connectivity index (χ1v) is 8.54. The predicted molar refractivity (Wildman–Crippen MR) is 95.7 cm³/mol. The summed E-state index contributed by atoms with van der Waals surface area (Å²) < 4.78 is 51.3. The number of carbonyl (C=O) groups is 1. The van der Waals surface area contributed by atoms with Crippen LogP contribution in [0.5, 0.6) is 5.75 Å². The molecule has 29 heavy (non-hydrogen) atoms. The van der Waals surface area contributed by atoms with Gasteiger partial charge in [-0.25, -0.2) is 0 Å². The highest BCUT2D eigenvalue weighted by Gasteiger charge is 2.35. The Hall–Kier alpha value is -3.08. The zero-order valence-corrected chi connectivity index (χ0v) is 15.2. The molecular formula is C18H20F3N3O5. The third kappa shape index (κ3) is 7.11. The molecule has 3 N–H and O–H groups in total. The molecule has 0 aliphatic carbocycles. The second-order valence-electron chi connectivity index (χ2n) is 6.03. The lowest BCUT2D eigenvalue weighted by Crippen LogP contribution is -2.34. The van der Waals surface area contributed by atoms with Crippen LogP contribution in [0.2, 0.25) is 0 Å². The standard InChI is InChI=1S/C18H20F3N3O5/c19-18(20,21)29-15(5-7-22)17(23)28-14-6-8-24(9-14)16(26)11-27-13-3-1-12(10-25)2-4-13/h1-5,7,14,22-23,25H,6,8-11H2/b15-5+,22-7?,23-17?. The van der Waals surface area contributed by atoms with E-state index in [1.807, 2.05) is 0 Å². The van der Waals surface area contributed by atoms with E-state index < -0.39 is 24.1 Å². The maximum atomic E-state index is 12.4. The van der Waals surface area contributed by atoms with Crippen molar-refractivity contribution < 1.29 is 37.3 Å². The van der Waals surface area contributed by atoms with Gasteiger partial charge in [0.15, 0.2) is 12.4 Å². The van der Waals surface area contributed by atoms with Gasteiger partial charge in [-0.2, -0.15) is 0 Å². The largest absolute Gasteiger partial charge is 0.573 e. The van der Waals surface area contributed by atoms with Crippen LogP contribution in [0.3, 0.4) is 0 Å². The predicted octanol–water partition coefficient (Wildman–Crippen LogP) is 2.22. The molecule has 1 aliphatic heterocycles. The zero-order chi connectivity index (χ0) is 21.4. The van der Waals surface area contributed by atoms with Crippen molar-refractivity contribution in [3.05, 3.63) is 41.7 Å². The van der Waals surface area contributed by atoms with Crippen LogP contribution in [0.15, 0.2) is 36.1 Å². The van der Waals surface area contributed by atoms with Crippen molar-refractivity contribution in [2.45, 2.75) is 25.5 Å². The maximum Gasteiger partial charge on any atom is 0.573 e. The van der Waals surface area contributed by atoms with E-state index in [-0.39, 0.29) is 25.7 Å². The number of allylic oxidation sites excluding steroid dienone is 1. The molecule has 0 aromatic heterocycles. The number of hydrogen-bond acceptors (Lipinski definition) is 7.